The van der Waals surface area contributed by atoms with Crippen molar-refractivity contribution in [2.45, 2.75) is 24.7 Å². The lowest BCUT2D eigenvalue weighted by atomic mass is 10.0. The van der Waals surface area contributed by atoms with Crippen LogP contribution in [0.4, 0.5) is 0 Å². The molecule has 1 aromatic carbocycles. The summed E-state index contributed by atoms with van der Waals surface area (Å²) in [6.07, 6.45) is 2.08. The molecule has 0 spiro atoms. The van der Waals surface area contributed by atoms with Gasteiger partial charge in [0.15, 0.2) is 0 Å². The minimum atomic E-state index is 0.573. The molecule has 0 fully saturated rings. The first-order chi connectivity index (χ1) is 6.06. The molecule has 0 saturated heterocycles. The molecular weight excluding hydrogens is 312 g/mol. The van der Waals surface area contributed by atoms with Crippen LogP contribution in [0.5, 0.6) is 0 Å². The predicted octanol–water partition coefficient (Wildman–Crippen LogP) is 5.06. The molecule has 0 aromatic heterocycles. The number of rotatable bonds is 2. The van der Waals surface area contributed by atoms with E-state index in [-0.39, 0.29) is 0 Å². The molecule has 0 aliphatic carbocycles. The zero-order chi connectivity index (χ0) is 10.0. The van der Waals surface area contributed by atoms with Gasteiger partial charge in [0, 0.05) is 13.8 Å². The Labute approximate surface area is 101 Å². The molecule has 0 N–H and O–H groups in total. The van der Waals surface area contributed by atoms with E-state index in [0.717, 1.165) is 0 Å². The van der Waals surface area contributed by atoms with E-state index in [9.17, 15) is 0 Å². The van der Waals surface area contributed by atoms with Crippen molar-refractivity contribution in [2.24, 2.45) is 0 Å². The minimum absolute atomic E-state index is 0.573. The average molecular weight is 324 g/mol. The molecule has 3 heteroatoms. The quantitative estimate of drug-likeness (QED) is 0.686. The van der Waals surface area contributed by atoms with Gasteiger partial charge >= 0.3 is 0 Å². The summed E-state index contributed by atoms with van der Waals surface area (Å²) < 4.78 is 2.36. The van der Waals surface area contributed by atoms with E-state index in [1.54, 1.807) is 11.8 Å². The van der Waals surface area contributed by atoms with Gasteiger partial charge in [-0.3, -0.25) is 0 Å². The molecule has 0 aliphatic heterocycles. The highest BCUT2D eigenvalue weighted by molar-refractivity contribution is 9.11. The van der Waals surface area contributed by atoms with Crippen LogP contribution < -0.4 is 0 Å². The molecule has 0 aliphatic rings. The van der Waals surface area contributed by atoms with E-state index >= 15 is 0 Å². The normalized spacial score (nSPS) is 10.9. The number of hydrogen-bond acceptors (Lipinski definition) is 1. The molecular formula is C10H12Br2S. The molecule has 0 saturated carbocycles. The smallest absolute Gasteiger partial charge is 0.0354 e. The van der Waals surface area contributed by atoms with Crippen molar-refractivity contribution in [3.8, 4) is 0 Å². The fraction of sp³-hybridized carbons (Fsp3) is 0.400. The summed E-state index contributed by atoms with van der Waals surface area (Å²) in [7, 11) is 0. The van der Waals surface area contributed by atoms with Gasteiger partial charge < -0.3 is 0 Å². The fourth-order valence-electron chi connectivity index (χ4n) is 1.11. The molecule has 0 unspecified atom stereocenters. The van der Waals surface area contributed by atoms with Crippen molar-refractivity contribution in [3.05, 3.63) is 26.6 Å². The van der Waals surface area contributed by atoms with E-state index in [1.165, 1.54) is 19.4 Å². The first-order valence-electron chi connectivity index (χ1n) is 4.09. The van der Waals surface area contributed by atoms with Gasteiger partial charge in [0.05, 0.1) is 0 Å². The van der Waals surface area contributed by atoms with Crippen LogP contribution in [-0.4, -0.2) is 6.26 Å². The van der Waals surface area contributed by atoms with Crippen molar-refractivity contribution in [2.75, 3.05) is 6.26 Å². The van der Waals surface area contributed by atoms with Crippen molar-refractivity contribution in [3.63, 3.8) is 0 Å². The molecule has 0 bridgehead atoms. The maximum atomic E-state index is 3.58. The van der Waals surface area contributed by atoms with Gasteiger partial charge in [-0.1, -0.05) is 13.8 Å². The van der Waals surface area contributed by atoms with Gasteiger partial charge in [-0.15, -0.1) is 11.8 Å². The topological polar surface area (TPSA) is 0 Å². The standard InChI is InChI=1S/C10H12Br2S/c1-6(2)7-4-8(11)10(13-3)9(12)5-7/h4-6H,1-3H3. The monoisotopic (exact) mass is 322 g/mol. The van der Waals surface area contributed by atoms with Crippen LogP contribution in [-0.2, 0) is 0 Å². The molecule has 0 amide bonds. The molecule has 72 valence electrons. The van der Waals surface area contributed by atoms with E-state index in [0.29, 0.717) is 5.92 Å². The third-order valence-electron chi connectivity index (χ3n) is 1.89. The lowest BCUT2D eigenvalue weighted by molar-refractivity contribution is 0.861. The van der Waals surface area contributed by atoms with Gasteiger partial charge in [0.2, 0.25) is 0 Å². The maximum absolute atomic E-state index is 3.58. The van der Waals surface area contributed by atoms with Crippen LogP contribution in [0.3, 0.4) is 0 Å². The Hall–Kier alpha value is 0.530. The Morgan fingerprint density at radius 2 is 1.62 bits per heavy atom. The Bertz CT molecular complexity index is 285. The van der Waals surface area contributed by atoms with Gasteiger partial charge in [0.25, 0.3) is 0 Å². The highest BCUT2D eigenvalue weighted by Gasteiger charge is 2.08. The average Bonchev–Trinajstić information content (AvgIpc) is 2.03. The molecule has 0 heterocycles. The van der Waals surface area contributed by atoms with E-state index in [2.05, 4.69) is 64.1 Å². The second-order valence-corrected chi connectivity index (χ2v) is 5.70. The number of benzene rings is 1. The van der Waals surface area contributed by atoms with Gasteiger partial charge in [0.1, 0.15) is 0 Å². The van der Waals surface area contributed by atoms with E-state index in [1.807, 2.05) is 0 Å². The van der Waals surface area contributed by atoms with Crippen LogP contribution in [0.15, 0.2) is 26.0 Å². The summed E-state index contributed by atoms with van der Waals surface area (Å²) in [6.45, 7) is 4.40. The fourth-order valence-corrected chi connectivity index (χ4v) is 3.81. The summed E-state index contributed by atoms with van der Waals surface area (Å²) in [4.78, 5) is 1.27. The van der Waals surface area contributed by atoms with E-state index in [4.69, 9.17) is 0 Å². The highest BCUT2D eigenvalue weighted by Crippen LogP contribution is 2.35. The predicted molar refractivity (Wildman–Crippen MR) is 67.7 cm³/mol. The highest BCUT2D eigenvalue weighted by atomic mass is 79.9. The summed E-state index contributed by atoms with van der Waals surface area (Å²) in [6, 6.07) is 4.39. The molecule has 0 radical (unpaired) electrons. The Kier molecular flexibility index (Phi) is 4.33. The van der Waals surface area contributed by atoms with Crippen molar-refractivity contribution < 1.29 is 0 Å². The van der Waals surface area contributed by atoms with Gasteiger partial charge in [-0.25, -0.2) is 0 Å². The number of thioether (sulfide) groups is 1. The summed E-state index contributed by atoms with van der Waals surface area (Å²) in [5, 5.41) is 0. The second-order valence-electron chi connectivity index (χ2n) is 3.17. The molecule has 0 atom stereocenters. The molecule has 13 heavy (non-hydrogen) atoms. The summed E-state index contributed by atoms with van der Waals surface area (Å²) in [5.41, 5.74) is 1.36. The third-order valence-corrected chi connectivity index (χ3v) is 4.52. The second kappa shape index (κ2) is 4.85. The van der Waals surface area contributed by atoms with Crippen LogP contribution in [0.25, 0.3) is 0 Å². The van der Waals surface area contributed by atoms with Crippen LogP contribution in [0.1, 0.15) is 25.3 Å². The van der Waals surface area contributed by atoms with Crippen LogP contribution in [0, 0.1) is 0 Å². The van der Waals surface area contributed by atoms with Gasteiger partial charge in [-0.05, 0) is 61.7 Å². The Morgan fingerprint density at radius 3 is 1.92 bits per heavy atom. The zero-order valence-electron chi connectivity index (χ0n) is 7.90. The van der Waals surface area contributed by atoms with Crippen molar-refractivity contribution in [1.29, 1.82) is 0 Å². The summed E-state index contributed by atoms with van der Waals surface area (Å²) >= 11 is 8.90. The maximum Gasteiger partial charge on any atom is 0.0354 e. The largest absolute Gasteiger partial charge is 0.127 e. The molecule has 0 nitrogen and oxygen atoms in total. The lowest BCUT2D eigenvalue weighted by Gasteiger charge is -2.10. The van der Waals surface area contributed by atoms with Gasteiger partial charge in [-0.2, -0.15) is 0 Å². The first kappa shape index (κ1) is 11.6. The molecule has 1 rings (SSSR count). The SMILES string of the molecule is CSc1c(Br)cc(C(C)C)cc1Br. The Morgan fingerprint density at radius 1 is 1.15 bits per heavy atom. The zero-order valence-corrected chi connectivity index (χ0v) is 11.9. The number of hydrogen-bond donors (Lipinski definition) is 0. The number of halogens is 2. The van der Waals surface area contributed by atoms with Crippen LogP contribution in [0.2, 0.25) is 0 Å². The Balaban J connectivity index is 3.20. The first-order valence-corrected chi connectivity index (χ1v) is 6.90. The molecule has 1 aromatic rings. The van der Waals surface area contributed by atoms with Crippen molar-refractivity contribution >= 4 is 43.6 Å². The lowest BCUT2D eigenvalue weighted by Crippen LogP contribution is -1.89. The third kappa shape index (κ3) is 2.74. The van der Waals surface area contributed by atoms with Crippen LogP contribution >= 0.6 is 43.6 Å². The minimum Gasteiger partial charge on any atom is -0.127 e. The van der Waals surface area contributed by atoms with Crippen molar-refractivity contribution in [1.82, 2.24) is 0 Å². The summed E-state index contributed by atoms with van der Waals surface area (Å²) in [5.74, 6) is 0.573. The van der Waals surface area contributed by atoms with E-state index < -0.39 is 0 Å².